The summed E-state index contributed by atoms with van der Waals surface area (Å²) in [6.07, 6.45) is 0. The first-order valence-corrected chi connectivity index (χ1v) is 9.69. The molecule has 2 amide bonds. The van der Waals surface area contributed by atoms with Crippen LogP contribution in [-0.4, -0.2) is 44.2 Å². The zero-order valence-electron chi connectivity index (χ0n) is 16.3. The van der Waals surface area contributed by atoms with Gasteiger partial charge in [-0.15, -0.1) is 0 Å². The minimum Gasteiger partial charge on any atom is -0.494 e. The Kier molecular flexibility index (Phi) is 6.50. The van der Waals surface area contributed by atoms with Crippen LogP contribution in [0.25, 0.3) is 10.2 Å². The molecule has 2 N–H and O–H groups in total. The van der Waals surface area contributed by atoms with Crippen LogP contribution in [0.5, 0.6) is 17.2 Å². The number of methoxy groups -OCH3 is 2. The lowest BCUT2D eigenvalue weighted by Gasteiger charge is -2.09. The van der Waals surface area contributed by atoms with Crippen molar-refractivity contribution in [3.63, 3.8) is 0 Å². The predicted octanol–water partition coefficient (Wildman–Crippen LogP) is 3.08. The van der Waals surface area contributed by atoms with Gasteiger partial charge in [-0.05, 0) is 43.3 Å². The zero-order valence-corrected chi connectivity index (χ0v) is 17.1. The van der Waals surface area contributed by atoms with Gasteiger partial charge in [-0.1, -0.05) is 11.3 Å². The third-order valence-corrected chi connectivity index (χ3v) is 4.91. The summed E-state index contributed by atoms with van der Waals surface area (Å²) in [5, 5.41) is 5.73. The van der Waals surface area contributed by atoms with Gasteiger partial charge >= 0.3 is 0 Å². The average Bonchev–Trinajstić information content (AvgIpc) is 3.13. The molecule has 0 saturated heterocycles. The summed E-state index contributed by atoms with van der Waals surface area (Å²) in [6.45, 7) is 2.31. The van der Waals surface area contributed by atoms with Crippen molar-refractivity contribution < 1.29 is 23.8 Å². The number of benzene rings is 2. The molecule has 0 spiro atoms. The van der Waals surface area contributed by atoms with Crippen molar-refractivity contribution in [1.29, 1.82) is 0 Å². The Morgan fingerprint density at radius 3 is 2.59 bits per heavy atom. The Morgan fingerprint density at radius 2 is 1.86 bits per heavy atom. The van der Waals surface area contributed by atoms with Crippen LogP contribution in [-0.2, 0) is 4.79 Å². The largest absolute Gasteiger partial charge is 0.494 e. The summed E-state index contributed by atoms with van der Waals surface area (Å²) in [5.41, 5.74) is 1.13. The Labute approximate surface area is 171 Å². The van der Waals surface area contributed by atoms with Gasteiger partial charge in [0.2, 0.25) is 5.91 Å². The van der Waals surface area contributed by atoms with Crippen molar-refractivity contribution in [2.45, 2.75) is 6.92 Å². The van der Waals surface area contributed by atoms with E-state index in [1.54, 1.807) is 18.2 Å². The molecule has 0 saturated carbocycles. The number of anilines is 1. The molecule has 2 aromatic carbocycles. The van der Waals surface area contributed by atoms with E-state index < -0.39 is 5.91 Å². The number of hydrogen-bond acceptors (Lipinski definition) is 7. The highest BCUT2D eigenvalue weighted by atomic mass is 32.1. The van der Waals surface area contributed by atoms with Gasteiger partial charge in [0, 0.05) is 5.56 Å². The lowest BCUT2D eigenvalue weighted by Crippen LogP contribution is -2.32. The maximum absolute atomic E-state index is 12.3. The van der Waals surface area contributed by atoms with Crippen molar-refractivity contribution in [2.24, 2.45) is 0 Å². The fraction of sp³-hybridized carbons (Fsp3) is 0.250. The molecule has 0 atom stereocenters. The predicted molar refractivity (Wildman–Crippen MR) is 111 cm³/mol. The van der Waals surface area contributed by atoms with E-state index in [1.807, 2.05) is 25.1 Å². The normalized spacial score (nSPS) is 10.4. The van der Waals surface area contributed by atoms with Gasteiger partial charge in [0.15, 0.2) is 16.6 Å². The molecule has 0 aliphatic rings. The number of hydrogen-bond donors (Lipinski definition) is 2. The topological polar surface area (TPSA) is 98.8 Å². The van der Waals surface area contributed by atoms with Gasteiger partial charge in [-0.3, -0.25) is 9.59 Å². The molecule has 152 valence electrons. The second-order valence-corrected chi connectivity index (χ2v) is 6.91. The minimum atomic E-state index is -0.397. The highest BCUT2D eigenvalue weighted by molar-refractivity contribution is 7.22. The number of carbonyl (C=O) groups is 2. The van der Waals surface area contributed by atoms with Gasteiger partial charge < -0.3 is 24.8 Å². The van der Waals surface area contributed by atoms with Crippen LogP contribution in [0.2, 0.25) is 0 Å². The van der Waals surface area contributed by atoms with Gasteiger partial charge in [-0.25, -0.2) is 4.98 Å². The van der Waals surface area contributed by atoms with E-state index in [0.29, 0.717) is 28.8 Å². The molecule has 3 aromatic rings. The molecule has 0 aliphatic carbocycles. The highest BCUT2D eigenvalue weighted by Gasteiger charge is 2.13. The first-order valence-electron chi connectivity index (χ1n) is 8.87. The molecular weight excluding hydrogens is 394 g/mol. The first-order chi connectivity index (χ1) is 14.0. The van der Waals surface area contributed by atoms with Crippen molar-refractivity contribution >= 4 is 38.5 Å². The third kappa shape index (κ3) is 4.94. The first kappa shape index (κ1) is 20.4. The number of amides is 2. The van der Waals surface area contributed by atoms with Gasteiger partial charge in [0.05, 0.1) is 37.6 Å². The zero-order chi connectivity index (χ0) is 20.8. The Hall–Kier alpha value is -3.33. The smallest absolute Gasteiger partial charge is 0.251 e. The van der Waals surface area contributed by atoms with Crippen LogP contribution in [0.15, 0.2) is 36.4 Å². The molecule has 0 bridgehead atoms. The number of aromatic nitrogens is 1. The molecule has 1 aromatic heterocycles. The van der Waals surface area contributed by atoms with E-state index in [1.165, 1.54) is 25.6 Å². The van der Waals surface area contributed by atoms with E-state index in [0.717, 1.165) is 16.0 Å². The number of nitrogens with one attached hydrogen (secondary N) is 2. The molecular formula is C20H21N3O5S. The fourth-order valence-electron chi connectivity index (χ4n) is 2.62. The number of thiazole rings is 1. The van der Waals surface area contributed by atoms with Crippen molar-refractivity contribution in [3.8, 4) is 17.2 Å². The summed E-state index contributed by atoms with van der Waals surface area (Å²) in [5.74, 6) is 0.939. The number of nitrogens with zero attached hydrogens (tertiary/aromatic N) is 1. The Bertz CT molecular complexity index is 1030. The third-order valence-electron chi connectivity index (χ3n) is 3.97. The second-order valence-electron chi connectivity index (χ2n) is 5.88. The quantitative estimate of drug-likeness (QED) is 0.587. The summed E-state index contributed by atoms with van der Waals surface area (Å²) >= 11 is 1.34. The van der Waals surface area contributed by atoms with Crippen LogP contribution in [0, 0.1) is 0 Å². The maximum atomic E-state index is 12.3. The lowest BCUT2D eigenvalue weighted by molar-refractivity contribution is -0.115. The molecule has 9 heteroatoms. The molecule has 0 fully saturated rings. The van der Waals surface area contributed by atoms with E-state index in [2.05, 4.69) is 15.6 Å². The van der Waals surface area contributed by atoms with Crippen LogP contribution in [0.4, 0.5) is 5.13 Å². The van der Waals surface area contributed by atoms with Crippen molar-refractivity contribution in [2.75, 3.05) is 32.7 Å². The number of carbonyl (C=O) groups excluding carboxylic acids is 2. The minimum absolute atomic E-state index is 0.187. The molecule has 0 aliphatic heterocycles. The molecule has 8 nitrogen and oxygen atoms in total. The molecule has 3 rings (SSSR count). The summed E-state index contributed by atoms with van der Waals surface area (Å²) in [4.78, 5) is 28.9. The van der Waals surface area contributed by atoms with E-state index in [4.69, 9.17) is 14.2 Å². The number of rotatable bonds is 8. The molecule has 0 unspecified atom stereocenters. The number of ether oxygens (including phenoxy) is 3. The van der Waals surface area contributed by atoms with Gasteiger partial charge in [0.25, 0.3) is 5.91 Å². The standard InChI is InChI=1S/C20H21N3O5S/c1-4-28-13-6-7-14-17(10-13)29-20(22-14)23-18(24)11-21-19(25)12-5-8-15(26-2)16(9-12)27-3/h5-10H,4,11H2,1-3H3,(H,21,25)(H,22,23,24). The van der Waals surface area contributed by atoms with Crippen molar-refractivity contribution in [1.82, 2.24) is 10.3 Å². The van der Waals surface area contributed by atoms with Gasteiger partial charge in [-0.2, -0.15) is 0 Å². The van der Waals surface area contributed by atoms with Crippen LogP contribution >= 0.6 is 11.3 Å². The van der Waals surface area contributed by atoms with Crippen LogP contribution < -0.4 is 24.8 Å². The SMILES string of the molecule is CCOc1ccc2nc(NC(=O)CNC(=O)c3ccc(OC)c(OC)c3)sc2c1. The molecule has 1 heterocycles. The van der Waals surface area contributed by atoms with Crippen LogP contribution in [0.3, 0.4) is 0 Å². The lowest BCUT2D eigenvalue weighted by atomic mass is 10.2. The van der Waals surface area contributed by atoms with E-state index in [-0.39, 0.29) is 12.5 Å². The summed E-state index contributed by atoms with van der Waals surface area (Å²) in [7, 11) is 3.00. The van der Waals surface area contributed by atoms with Crippen molar-refractivity contribution in [3.05, 3.63) is 42.0 Å². The molecule has 0 radical (unpaired) electrons. The monoisotopic (exact) mass is 415 g/mol. The summed E-state index contributed by atoms with van der Waals surface area (Å²) in [6, 6.07) is 10.3. The van der Waals surface area contributed by atoms with E-state index in [9.17, 15) is 9.59 Å². The molecule has 29 heavy (non-hydrogen) atoms. The van der Waals surface area contributed by atoms with Gasteiger partial charge in [0.1, 0.15) is 5.75 Å². The highest BCUT2D eigenvalue weighted by Crippen LogP contribution is 2.29. The maximum Gasteiger partial charge on any atom is 0.251 e. The number of fused-ring (bicyclic) bond motifs is 1. The van der Waals surface area contributed by atoms with E-state index >= 15 is 0 Å². The Morgan fingerprint density at radius 1 is 1.07 bits per heavy atom. The summed E-state index contributed by atoms with van der Waals surface area (Å²) < 4.78 is 16.7. The fourth-order valence-corrected chi connectivity index (χ4v) is 3.53. The Balaban J connectivity index is 1.59. The second kappa shape index (κ2) is 9.24. The van der Waals surface area contributed by atoms with Crippen LogP contribution in [0.1, 0.15) is 17.3 Å². The average molecular weight is 415 g/mol.